The number of nitrogens with zero attached hydrogens (tertiary/aromatic N) is 2. The zero-order valence-electron chi connectivity index (χ0n) is 15.6. The third-order valence-corrected chi connectivity index (χ3v) is 4.68. The summed E-state index contributed by atoms with van der Waals surface area (Å²) in [4.78, 5) is 16.9. The number of hydrogen-bond donors (Lipinski definition) is 1. The first-order chi connectivity index (χ1) is 13.7. The van der Waals surface area contributed by atoms with Gasteiger partial charge in [-0.2, -0.15) is 4.98 Å². The number of carbonyl (C=O) groups excluding carboxylic acids is 1. The Labute approximate surface area is 162 Å². The van der Waals surface area contributed by atoms with Gasteiger partial charge in [-0.3, -0.25) is 4.79 Å². The van der Waals surface area contributed by atoms with E-state index in [0.717, 1.165) is 16.9 Å². The molecule has 3 aromatic rings. The molecule has 0 saturated heterocycles. The highest BCUT2D eigenvalue weighted by Gasteiger charge is 2.27. The molecule has 28 heavy (non-hydrogen) atoms. The van der Waals surface area contributed by atoms with Crippen LogP contribution in [0.2, 0.25) is 0 Å². The molecule has 0 radical (unpaired) electrons. The number of para-hydroxylation sites is 1. The van der Waals surface area contributed by atoms with Crippen LogP contribution in [-0.2, 0) is 17.6 Å². The minimum absolute atomic E-state index is 0.0451. The first-order valence-corrected chi connectivity index (χ1v) is 9.19. The molecule has 7 nitrogen and oxygen atoms in total. The summed E-state index contributed by atoms with van der Waals surface area (Å²) in [5.41, 5.74) is 1.88. The van der Waals surface area contributed by atoms with Gasteiger partial charge in [0.2, 0.25) is 17.6 Å². The highest BCUT2D eigenvalue weighted by Crippen LogP contribution is 2.36. The van der Waals surface area contributed by atoms with E-state index < -0.39 is 0 Å². The molecule has 7 heteroatoms. The van der Waals surface area contributed by atoms with Gasteiger partial charge in [0.1, 0.15) is 6.61 Å². The van der Waals surface area contributed by atoms with Crippen molar-refractivity contribution in [3.05, 3.63) is 60.0 Å². The van der Waals surface area contributed by atoms with Crippen LogP contribution in [0, 0.1) is 5.92 Å². The summed E-state index contributed by atoms with van der Waals surface area (Å²) < 4.78 is 16.3. The Morgan fingerprint density at radius 1 is 1.21 bits per heavy atom. The summed E-state index contributed by atoms with van der Waals surface area (Å²) >= 11 is 0. The number of benzene rings is 2. The van der Waals surface area contributed by atoms with Crippen LogP contribution in [-0.4, -0.2) is 36.3 Å². The fraction of sp³-hybridized carbons (Fsp3) is 0.286. The summed E-state index contributed by atoms with van der Waals surface area (Å²) in [5.74, 6) is 2.19. The maximum atomic E-state index is 12.5. The topological polar surface area (TPSA) is 86.5 Å². The van der Waals surface area contributed by atoms with E-state index in [4.69, 9.17) is 14.0 Å². The van der Waals surface area contributed by atoms with E-state index in [-0.39, 0.29) is 11.8 Å². The van der Waals surface area contributed by atoms with Crippen molar-refractivity contribution in [2.45, 2.75) is 12.8 Å². The van der Waals surface area contributed by atoms with E-state index in [1.54, 1.807) is 7.11 Å². The van der Waals surface area contributed by atoms with Crippen LogP contribution >= 0.6 is 0 Å². The molecule has 1 aliphatic heterocycles. The third kappa shape index (κ3) is 3.83. The molecule has 1 amide bonds. The van der Waals surface area contributed by atoms with Crippen LogP contribution in [0.1, 0.15) is 11.5 Å². The van der Waals surface area contributed by atoms with Crippen LogP contribution in [0.15, 0.2) is 53.1 Å². The molecule has 1 aliphatic rings. The van der Waals surface area contributed by atoms with E-state index in [2.05, 4.69) is 15.5 Å². The number of amides is 1. The highest BCUT2D eigenvalue weighted by molar-refractivity contribution is 5.79. The van der Waals surface area contributed by atoms with Crippen molar-refractivity contribution in [2.24, 2.45) is 5.92 Å². The second kappa shape index (κ2) is 8.12. The van der Waals surface area contributed by atoms with Crippen molar-refractivity contribution in [3.8, 4) is 22.9 Å². The van der Waals surface area contributed by atoms with Gasteiger partial charge in [-0.05, 0) is 18.1 Å². The Balaban J connectivity index is 1.30. The predicted octanol–water partition coefficient (Wildman–Crippen LogP) is 2.66. The summed E-state index contributed by atoms with van der Waals surface area (Å²) in [7, 11) is 1.61. The molecule has 144 valence electrons. The maximum Gasteiger partial charge on any atom is 0.228 e. The van der Waals surface area contributed by atoms with Crippen LogP contribution in [0.4, 0.5) is 0 Å². The van der Waals surface area contributed by atoms with Crippen LogP contribution in [0.5, 0.6) is 11.5 Å². The molecule has 0 bridgehead atoms. The molecule has 1 atom stereocenters. The van der Waals surface area contributed by atoms with Gasteiger partial charge in [0.05, 0.1) is 13.0 Å². The zero-order valence-corrected chi connectivity index (χ0v) is 15.6. The van der Waals surface area contributed by atoms with Crippen LogP contribution in [0.25, 0.3) is 11.4 Å². The van der Waals surface area contributed by atoms with Gasteiger partial charge in [0, 0.05) is 18.5 Å². The summed E-state index contributed by atoms with van der Waals surface area (Å²) in [5, 5.41) is 6.92. The Morgan fingerprint density at radius 3 is 2.89 bits per heavy atom. The van der Waals surface area contributed by atoms with Gasteiger partial charge in [-0.15, -0.1) is 0 Å². The zero-order chi connectivity index (χ0) is 19.3. The van der Waals surface area contributed by atoms with Gasteiger partial charge in [0.15, 0.2) is 11.5 Å². The number of carbonyl (C=O) groups is 1. The number of rotatable bonds is 6. The number of methoxy groups -OCH3 is 1. The molecular formula is C21H21N3O4. The normalized spacial score (nSPS) is 15.4. The minimum atomic E-state index is -0.234. The van der Waals surface area contributed by atoms with Gasteiger partial charge in [0.25, 0.3) is 0 Å². The van der Waals surface area contributed by atoms with E-state index in [1.165, 1.54) is 0 Å². The van der Waals surface area contributed by atoms with E-state index in [0.29, 0.717) is 43.5 Å². The lowest BCUT2D eigenvalue weighted by molar-refractivity contribution is -0.126. The molecule has 0 aliphatic carbocycles. The van der Waals surface area contributed by atoms with Crippen LogP contribution in [0.3, 0.4) is 0 Å². The predicted molar refractivity (Wildman–Crippen MR) is 102 cm³/mol. The fourth-order valence-corrected chi connectivity index (χ4v) is 3.22. The monoisotopic (exact) mass is 379 g/mol. The number of ether oxygens (including phenoxy) is 2. The van der Waals surface area contributed by atoms with Crippen molar-refractivity contribution in [1.29, 1.82) is 0 Å². The van der Waals surface area contributed by atoms with Gasteiger partial charge >= 0.3 is 0 Å². The lowest BCUT2D eigenvalue weighted by atomic mass is 9.95. The Bertz CT molecular complexity index is 955. The molecule has 1 aromatic heterocycles. The molecule has 2 aromatic carbocycles. The standard InChI is InChI=1S/C21H21N3O4/c1-26-17-9-5-8-15-12-16(13-27-19(15)17)21(25)22-11-10-18-23-20(24-28-18)14-6-3-2-4-7-14/h2-9,16H,10-13H2,1H3,(H,22,25). The molecule has 0 spiro atoms. The lowest BCUT2D eigenvalue weighted by Crippen LogP contribution is -2.38. The first kappa shape index (κ1) is 18.0. The molecule has 1 unspecified atom stereocenters. The number of fused-ring (bicyclic) bond motifs is 1. The van der Waals surface area contributed by atoms with Gasteiger partial charge in [-0.1, -0.05) is 47.6 Å². The van der Waals surface area contributed by atoms with Gasteiger partial charge < -0.3 is 19.3 Å². The minimum Gasteiger partial charge on any atom is -0.493 e. The molecule has 1 N–H and O–H groups in total. The molecule has 4 rings (SSSR count). The van der Waals surface area contributed by atoms with Crippen molar-refractivity contribution >= 4 is 5.91 Å². The van der Waals surface area contributed by atoms with E-state index >= 15 is 0 Å². The Hall–Kier alpha value is -3.35. The second-order valence-electron chi connectivity index (χ2n) is 6.58. The number of aromatic nitrogens is 2. The summed E-state index contributed by atoms with van der Waals surface area (Å²) in [6.45, 7) is 0.759. The van der Waals surface area contributed by atoms with E-state index in [1.807, 2.05) is 48.5 Å². The molecule has 0 fully saturated rings. The largest absolute Gasteiger partial charge is 0.493 e. The summed E-state index contributed by atoms with van der Waals surface area (Å²) in [6, 6.07) is 15.3. The number of hydrogen-bond acceptors (Lipinski definition) is 6. The van der Waals surface area contributed by atoms with Crippen molar-refractivity contribution in [3.63, 3.8) is 0 Å². The molecule has 2 heterocycles. The van der Waals surface area contributed by atoms with E-state index in [9.17, 15) is 4.79 Å². The first-order valence-electron chi connectivity index (χ1n) is 9.19. The molecular weight excluding hydrogens is 358 g/mol. The van der Waals surface area contributed by atoms with Crippen molar-refractivity contribution < 1.29 is 18.8 Å². The maximum absolute atomic E-state index is 12.5. The van der Waals surface area contributed by atoms with Crippen molar-refractivity contribution in [2.75, 3.05) is 20.3 Å². The molecule has 0 saturated carbocycles. The quantitative estimate of drug-likeness (QED) is 0.709. The average molecular weight is 379 g/mol. The average Bonchev–Trinajstić information content (AvgIpc) is 3.22. The number of nitrogens with one attached hydrogen (secondary N) is 1. The SMILES string of the molecule is COc1cccc2c1OCC(C(=O)NCCc1nc(-c3ccccc3)no1)C2. The van der Waals surface area contributed by atoms with Crippen molar-refractivity contribution in [1.82, 2.24) is 15.5 Å². The highest BCUT2D eigenvalue weighted by atomic mass is 16.5. The summed E-state index contributed by atoms with van der Waals surface area (Å²) in [6.07, 6.45) is 1.10. The second-order valence-corrected chi connectivity index (χ2v) is 6.58. The third-order valence-electron chi connectivity index (χ3n) is 4.68. The van der Waals surface area contributed by atoms with Gasteiger partial charge in [-0.25, -0.2) is 0 Å². The smallest absolute Gasteiger partial charge is 0.228 e. The van der Waals surface area contributed by atoms with Crippen LogP contribution < -0.4 is 14.8 Å². The fourth-order valence-electron chi connectivity index (χ4n) is 3.22. The Morgan fingerprint density at radius 2 is 2.07 bits per heavy atom. The Kier molecular flexibility index (Phi) is 5.23. The lowest BCUT2D eigenvalue weighted by Gasteiger charge is -2.25.